The molecule has 0 aliphatic carbocycles. The molecule has 4 heteroatoms. The van der Waals surface area contributed by atoms with Crippen molar-refractivity contribution in [1.82, 2.24) is 14.9 Å². The number of nitrogens with one attached hydrogen (secondary N) is 1. The molecule has 1 heterocycles. The Balaban J connectivity index is 1.96. The molecule has 0 bridgehead atoms. The zero-order chi connectivity index (χ0) is 10.9. The van der Waals surface area contributed by atoms with E-state index in [4.69, 9.17) is 4.74 Å². The van der Waals surface area contributed by atoms with E-state index in [2.05, 4.69) is 14.9 Å². The number of ether oxygens (including phenoxy) is 1. The Bertz CT molecular complexity index is 260. The molecule has 86 valence electrons. The van der Waals surface area contributed by atoms with Crippen molar-refractivity contribution in [3.63, 3.8) is 0 Å². The standard InChI is InChI=1S/C11H21N3O/c1-11-13-6-9-14(11)8-4-3-5-12-7-10-15-2/h6,9,12H,3-5,7-8,10H2,1-2H3. The van der Waals surface area contributed by atoms with E-state index in [0.717, 1.165) is 32.1 Å². The predicted molar refractivity (Wildman–Crippen MR) is 60.9 cm³/mol. The van der Waals surface area contributed by atoms with Crippen molar-refractivity contribution in [3.05, 3.63) is 18.2 Å². The third-order valence-electron chi connectivity index (χ3n) is 2.41. The molecule has 0 atom stereocenters. The Morgan fingerprint density at radius 3 is 2.93 bits per heavy atom. The third-order valence-corrected chi connectivity index (χ3v) is 2.41. The molecule has 1 aromatic rings. The molecule has 0 aromatic carbocycles. The van der Waals surface area contributed by atoms with Crippen LogP contribution in [0.1, 0.15) is 18.7 Å². The number of aryl methyl sites for hydroxylation is 2. The van der Waals surface area contributed by atoms with Gasteiger partial charge >= 0.3 is 0 Å². The second-order valence-electron chi connectivity index (χ2n) is 3.62. The topological polar surface area (TPSA) is 39.1 Å². The summed E-state index contributed by atoms with van der Waals surface area (Å²) < 4.78 is 7.14. The van der Waals surface area contributed by atoms with Crippen LogP contribution in [-0.2, 0) is 11.3 Å². The molecule has 1 aromatic heterocycles. The fraction of sp³-hybridized carbons (Fsp3) is 0.727. The molecule has 0 aliphatic heterocycles. The highest BCUT2D eigenvalue weighted by Crippen LogP contribution is 1.98. The SMILES string of the molecule is COCCNCCCCn1ccnc1C. The Morgan fingerprint density at radius 1 is 1.40 bits per heavy atom. The van der Waals surface area contributed by atoms with Crippen molar-refractivity contribution in [3.8, 4) is 0 Å². The maximum Gasteiger partial charge on any atom is 0.105 e. The van der Waals surface area contributed by atoms with Crippen LogP contribution in [0.2, 0.25) is 0 Å². The predicted octanol–water partition coefficient (Wildman–Crippen LogP) is 1.21. The fourth-order valence-corrected chi connectivity index (χ4v) is 1.47. The number of hydrogen-bond acceptors (Lipinski definition) is 3. The lowest BCUT2D eigenvalue weighted by Crippen LogP contribution is -2.20. The van der Waals surface area contributed by atoms with Crippen molar-refractivity contribution in [1.29, 1.82) is 0 Å². The summed E-state index contributed by atoms with van der Waals surface area (Å²) in [5, 5.41) is 3.33. The van der Waals surface area contributed by atoms with Gasteiger partial charge in [0.05, 0.1) is 6.61 Å². The first-order chi connectivity index (χ1) is 7.34. The summed E-state index contributed by atoms with van der Waals surface area (Å²) in [5.41, 5.74) is 0. The van der Waals surface area contributed by atoms with Gasteiger partial charge in [-0.05, 0) is 26.3 Å². The molecule has 0 radical (unpaired) electrons. The van der Waals surface area contributed by atoms with Crippen LogP contribution >= 0.6 is 0 Å². The first kappa shape index (κ1) is 12.2. The molecule has 0 saturated heterocycles. The van der Waals surface area contributed by atoms with Gasteiger partial charge in [-0.2, -0.15) is 0 Å². The maximum atomic E-state index is 4.95. The maximum absolute atomic E-state index is 4.95. The van der Waals surface area contributed by atoms with Gasteiger partial charge in [-0.1, -0.05) is 0 Å². The highest BCUT2D eigenvalue weighted by Gasteiger charge is 1.95. The molecule has 15 heavy (non-hydrogen) atoms. The van der Waals surface area contributed by atoms with Crippen LogP contribution < -0.4 is 5.32 Å². The molecular formula is C11H21N3O. The molecule has 1 N–H and O–H groups in total. The van der Waals surface area contributed by atoms with E-state index in [1.807, 2.05) is 19.3 Å². The van der Waals surface area contributed by atoms with Crippen molar-refractivity contribution >= 4 is 0 Å². The first-order valence-corrected chi connectivity index (χ1v) is 5.52. The highest BCUT2D eigenvalue weighted by molar-refractivity contribution is 4.87. The number of unbranched alkanes of at least 4 members (excludes halogenated alkanes) is 1. The van der Waals surface area contributed by atoms with Gasteiger partial charge in [0.2, 0.25) is 0 Å². The largest absolute Gasteiger partial charge is 0.383 e. The fourth-order valence-electron chi connectivity index (χ4n) is 1.47. The normalized spacial score (nSPS) is 10.8. The number of imidazole rings is 1. The van der Waals surface area contributed by atoms with Crippen LogP contribution in [0.25, 0.3) is 0 Å². The molecule has 0 saturated carbocycles. The monoisotopic (exact) mass is 211 g/mol. The Kier molecular flexibility index (Phi) is 6.04. The number of rotatable bonds is 8. The van der Waals surface area contributed by atoms with Gasteiger partial charge in [0.25, 0.3) is 0 Å². The molecule has 4 nitrogen and oxygen atoms in total. The molecule has 0 fully saturated rings. The molecule has 1 rings (SSSR count). The molecule has 0 spiro atoms. The van der Waals surface area contributed by atoms with Crippen LogP contribution in [0, 0.1) is 6.92 Å². The van der Waals surface area contributed by atoms with Crippen LogP contribution in [0.4, 0.5) is 0 Å². The van der Waals surface area contributed by atoms with Crippen LogP contribution in [-0.4, -0.2) is 36.4 Å². The molecule has 0 aliphatic rings. The van der Waals surface area contributed by atoms with Crippen LogP contribution in [0.5, 0.6) is 0 Å². The van der Waals surface area contributed by atoms with Crippen molar-refractivity contribution in [2.75, 3.05) is 26.8 Å². The first-order valence-electron chi connectivity index (χ1n) is 5.52. The van der Waals surface area contributed by atoms with E-state index in [-0.39, 0.29) is 0 Å². The van der Waals surface area contributed by atoms with Crippen LogP contribution in [0.3, 0.4) is 0 Å². The van der Waals surface area contributed by atoms with Gasteiger partial charge in [-0.25, -0.2) is 4.98 Å². The minimum absolute atomic E-state index is 0.792. The lowest BCUT2D eigenvalue weighted by atomic mass is 10.3. The van der Waals surface area contributed by atoms with E-state index in [1.54, 1.807) is 7.11 Å². The molecular weight excluding hydrogens is 190 g/mol. The van der Waals surface area contributed by atoms with Crippen molar-refractivity contribution < 1.29 is 4.74 Å². The number of methoxy groups -OCH3 is 1. The summed E-state index contributed by atoms with van der Waals surface area (Å²) in [4.78, 5) is 4.19. The van der Waals surface area contributed by atoms with E-state index in [9.17, 15) is 0 Å². The summed E-state index contributed by atoms with van der Waals surface area (Å²) in [6.45, 7) is 5.91. The lowest BCUT2D eigenvalue weighted by Gasteiger charge is -2.05. The average molecular weight is 211 g/mol. The van der Waals surface area contributed by atoms with E-state index >= 15 is 0 Å². The Labute approximate surface area is 91.7 Å². The van der Waals surface area contributed by atoms with Crippen LogP contribution in [0.15, 0.2) is 12.4 Å². The smallest absolute Gasteiger partial charge is 0.105 e. The minimum Gasteiger partial charge on any atom is -0.383 e. The summed E-state index contributed by atoms with van der Waals surface area (Å²) in [6, 6.07) is 0. The van der Waals surface area contributed by atoms with Gasteiger partial charge in [0.1, 0.15) is 5.82 Å². The second kappa shape index (κ2) is 7.43. The lowest BCUT2D eigenvalue weighted by molar-refractivity contribution is 0.199. The number of hydrogen-bond donors (Lipinski definition) is 1. The zero-order valence-corrected chi connectivity index (χ0v) is 9.70. The van der Waals surface area contributed by atoms with Gasteiger partial charge in [-0.15, -0.1) is 0 Å². The minimum atomic E-state index is 0.792. The van der Waals surface area contributed by atoms with Gasteiger partial charge in [-0.3, -0.25) is 0 Å². The van der Waals surface area contributed by atoms with Gasteiger partial charge < -0.3 is 14.6 Å². The van der Waals surface area contributed by atoms with E-state index in [1.165, 1.54) is 12.8 Å². The summed E-state index contributed by atoms with van der Waals surface area (Å²) in [7, 11) is 1.73. The highest BCUT2D eigenvalue weighted by atomic mass is 16.5. The van der Waals surface area contributed by atoms with E-state index < -0.39 is 0 Å². The quantitative estimate of drug-likeness (QED) is 0.657. The number of aromatic nitrogens is 2. The summed E-state index contributed by atoms with van der Waals surface area (Å²) in [5.74, 6) is 1.10. The average Bonchev–Trinajstić information content (AvgIpc) is 2.63. The van der Waals surface area contributed by atoms with Crippen molar-refractivity contribution in [2.24, 2.45) is 0 Å². The van der Waals surface area contributed by atoms with Crippen molar-refractivity contribution in [2.45, 2.75) is 26.3 Å². The van der Waals surface area contributed by atoms with E-state index in [0.29, 0.717) is 0 Å². The summed E-state index contributed by atoms with van der Waals surface area (Å²) in [6.07, 6.45) is 6.28. The summed E-state index contributed by atoms with van der Waals surface area (Å²) >= 11 is 0. The Morgan fingerprint density at radius 2 is 2.27 bits per heavy atom. The zero-order valence-electron chi connectivity index (χ0n) is 9.70. The second-order valence-corrected chi connectivity index (χ2v) is 3.62. The third kappa shape index (κ3) is 4.95. The Hall–Kier alpha value is -0.870. The number of nitrogens with zero attached hydrogens (tertiary/aromatic N) is 2. The van der Waals surface area contributed by atoms with Gasteiger partial charge in [0, 0.05) is 32.6 Å². The molecule has 0 unspecified atom stereocenters. The van der Waals surface area contributed by atoms with Gasteiger partial charge in [0.15, 0.2) is 0 Å². The molecule has 0 amide bonds.